The first kappa shape index (κ1) is 17.7. The quantitative estimate of drug-likeness (QED) is 0.574. The smallest absolute Gasteiger partial charge is 0.212 e. The first-order chi connectivity index (χ1) is 12.2. The van der Waals surface area contributed by atoms with E-state index in [9.17, 15) is 0 Å². The number of benzene rings is 1. The van der Waals surface area contributed by atoms with E-state index in [0.29, 0.717) is 12.4 Å². The van der Waals surface area contributed by atoms with Crippen LogP contribution < -0.4 is 15.4 Å². The van der Waals surface area contributed by atoms with Gasteiger partial charge in [-0.3, -0.25) is 4.99 Å². The number of hydrogen-bond donors (Lipinski definition) is 2. The summed E-state index contributed by atoms with van der Waals surface area (Å²) in [6, 6.07) is 12.3. The zero-order chi connectivity index (χ0) is 17.7. The predicted octanol–water partition coefficient (Wildman–Crippen LogP) is 3.25. The van der Waals surface area contributed by atoms with Crippen molar-refractivity contribution in [3.63, 3.8) is 0 Å². The standard InChI is InChI=1S/C19H23BrN4O/c1-21-18(23-12-14-7-8-17(25-2)22-11-14)24-13-19(9-10-19)15-5-3-4-6-16(15)20/h3-8,11H,9-10,12-13H2,1-2H3,(H2,21,23,24). The van der Waals surface area contributed by atoms with Crippen molar-refractivity contribution in [1.82, 2.24) is 15.6 Å². The van der Waals surface area contributed by atoms with Crippen LogP contribution in [0.2, 0.25) is 0 Å². The number of aliphatic imine (C=N–C) groups is 1. The largest absolute Gasteiger partial charge is 0.481 e. The van der Waals surface area contributed by atoms with Crippen molar-refractivity contribution in [3.05, 3.63) is 58.2 Å². The molecule has 5 nitrogen and oxygen atoms in total. The van der Waals surface area contributed by atoms with Gasteiger partial charge in [0.2, 0.25) is 5.88 Å². The van der Waals surface area contributed by atoms with E-state index in [1.54, 1.807) is 14.2 Å². The second-order valence-electron chi connectivity index (χ2n) is 6.25. The molecule has 6 heteroatoms. The SMILES string of the molecule is CN=C(NCc1ccc(OC)nc1)NCC1(c2ccccc2Br)CC1. The number of halogens is 1. The zero-order valence-corrected chi connectivity index (χ0v) is 16.1. The zero-order valence-electron chi connectivity index (χ0n) is 14.6. The first-order valence-electron chi connectivity index (χ1n) is 8.35. The molecule has 3 rings (SSSR count). The summed E-state index contributed by atoms with van der Waals surface area (Å²) in [6.45, 7) is 1.54. The fraction of sp³-hybridized carbons (Fsp3) is 0.368. The fourth-order valence-electron chi connectivity index (χ4n) is 2.88. The molecule has 0 amide bonds. The minimum absolute atomic E-state index is 0.208. The number of methoxy groups -OCH3 is 1. The van der Waals surface area contributed by atoms with Crippen LogP contribution in [0.4, 0.5) is 0 Å². The minimum atomic E-state index is 0.208. The average molecular weight is 403 g/mol. The van der Waals surface area contributed by atoms with Crippen LogP contribution in [0.25, 0.3) is 0 Å². The Morgan fingerprint density at radius 1 is 1.24 bits per heavy atom. The monoisotopic (exact) mass is 402 g/mol. The van der Waals surface area contributed by atoms with Crippen molar-refractivity contribution >= 4 is 21.9 Å². The molecule has 1 aromatic heterocycles. The van der Waals surface area contributed by atoms with Crippen LogP contribution in [-0.4, -0.2) is 31.6 Å². The Hall–Kier alpha value is -2.08. The Kier molecular flexibility index (Phi) is 5.58. The molecule has 2 N–H and O–H groups in total. The van der Waals surface area contributed by atoms with Gasteiger partial charge in [-0.25, -0.2) is 4.98 Å². The van der Waals surface area contributed by atoms with E-state index >= 15 is 0 Å². The van der Waals surface area contributed by atoms with Crippen molar-refractivity contribution in [2.45, 2.75) is 24.8 Å². The minimum Gasteiger partial charge on any atom is -0.481 e. The molecule has 1 heterocycles. The van der Waals surface area contributed by atoms with Crippen LogP contribution in [-0.2, 0) is 12.0 Å². The van der Waals surface area contributed by atoms with Crippen molar-refractivity contribution in [2.75, 3.05) is 20.7 Å². The number of rotatable bonds is 6. The van der Waals surface area contributed by atoms with Gasteiger partial charge in [0.25, 0.3) is 0 Å². The van der Waals surface area contributed by atoms with E-state index in [1.165, 1.54) is 22.9 Å². The summed E-state index contributed by atoms with van der Waals surface area (Å²) < 4.78 is 6.26. The molecule has 0 aliphatic heterocycles. The lowest BCUT2D eigenvalue weighted by Crippen LogP contribution is -2.41. The maximum absolute atomic E-state index is 5.08. The van der Waals surface area contributed by atoms with Gasteiger partial charge in [-0.05, 0) is 30.0 Å². The summed E-state index contributed by atoms with van der Waals surface area (Å²) in [5, 5.41) is 6.80. The van der Waals surface area contributed by atoms with Gasteiger partial charge in [0.15, 0.2) is 5.96 Å². The number of nitrogens with one attached hydrogen (secondary N) is 2. The Labute approximate surface area is 157 Å². The molecule has 0 spiro atoms. The molecule has 0 saturated heterocycles. The molecular weight excluding hydrogens is 380 g/mol. The van der Waals surface area contributed by atoms with Crippen molar-refractivity contribution in [1.29, 1.82) is 0 Å². The molecule has 2 aromatic rings. The molecule has 1 aromatic carbocycles. The predicted molar refractivity (Wildman–Crippen MR) is 104 cm³/mol. The lowest BCUT2D eigenvalue weighted by atomic mass is 9.96. The van der Waals surface area contributed by atoms with Crippen LogP contribution in [0.3, 0.4) is 0 Å². The molecule has 0 bridgehead atoms. The summed E-state index contributed by atoms with van der Waals surface area (Å²) in [7, 11) is 3.41. The third-order valence-corrected chi connectivity index (χ3v) is 5.27. The highest BCUT2D eigenvalue weighted by atomic mass is 79.9. The van der Waals surface area contributed by atoms with E-state index in [-0.39, 0.29) is 5.41 Å². The number of aromatic nitrogens is 1. The molecule has 1 aliphatic rings. The highest BCUT2D eigenvalue weighted by Crippen LogP contribution is 2.49. The Morgan fingerprint density at radius 2 is 2.04 bits per heavy atom. The van der Waals surface area contributed by atoms with Gasteiger partial charge in [-0.15, -0.1) is 0 Å². The number of pyridine rings is 1. The number of guanidine groups is 1. The van der Waals surface area contributed by atoms with Crippen LogP contribution in [0.15, 0.2) is 52.1 Å². The van der Waals surface area contributed by atoms with Crippen LogP contribution in [0.1, 0.15) is 24.0 Å². The number of nitrogens with zero attached hydrogens (tertiary/aromatic N) is 2. The lowest BCUT2D eigenvalue weighted by molar-refractivity contribution is 0.397. The van der Waals surface area contributed by atoms with Gasteiger partial charge < -0.3 is 15.4 Å². The maximum Gasteiger partial charge on any atom is 0.212 e. The van der Waals surface area contributed by atoms with E-state index < -0.39 is 0 Å². The van der Waals surface area contributed by atoms with Crippen molar-refractivity contribution in [2.24, 2.45) is 4.99 Å². The van der Waals surface area contributed by atoms with E-state index in [2.05, 4.69) is 60.8 Å². The normalized spacial score (nSPS) is 15.6. The van der Waals surface area contributed by atoms with Crippen LogP contribution >= 0.6 is 15.9 Å². The molecular formula is C19H23BrN4O. The second kappa shape index (κ2) is 7.87. The maximum atomic E-state index is 5.08. The van der Waals surface area contributed by atoms with Crippen molar-refractivity contribution < 1.29 is 4.74 Å². The Balaban J connectivity index is 1.55. The average Bonchev–Trinajstić information content (AvgIpc) is 3.43. The van der Waals surface area contributed by atoms with Gasteiger partial charge in [-0.2, -0.15) is 0 Å². The van der Waals surface area contributed by atoms with Gasteiger partial charge in [-0.1, -0.05) is 40.2 Å². The molecule has 132 valence electrons. The van der Waals surface area contributed by atoms with Crippen LogP contribution in [0.5, 0.6) is 5.88 Å². The topological polar surface area (TPSA) is 58.5 Å². The summed E-state index contributed by atoms with van der Waals surface area (Å²) in [4.78, 5) is 8.54. The highest BCUT2D eigenvalue weighted by Gasteiger charge is 2.45. The molecule has 0 atom stereocenters. The molecule has 0 unspecified atom stereocenters. The van der Waals surface area contributed by atoms with Gasteiger partial charge in [0, 0.05) is 42.3 Å². The van der Waals surface area contributed by atoms with Gasteiger partial charge >= 0.3 is 0 Å². The Bertz CT molecular complexity index is 741. The molecule has 1 fully saturated rings. The van der Waals surface area contributed by atoms with Crippen molar-refractivity contribution in [3.8, 4) is 5.88 Å². The van der Waals surface area contributed by atoms with E-state index in [4.69, 9.17) is 4.74 Å². The van der Waals surface area contributed by atoms with Gasteiger partial charge in [0.1, 0.15) is 0 Å². The summed E-state index contributed by atoms with van der Waals surface area (Å²) >= 11 is 3.68. The third-order valence-electron chi connectivity index (χ3n) is 4.58. The molecule has 1 aliphatic carbocycles. The van der Waals surface area contributed by atoms with E-state index in [1.807, 2.05) is 18.3 Å². The van der Waals surface area contributed by atoms with E-state index in [0.717, 1.165) is 18.1 Å². The van der Waals surface area contributed by atoms with Crippen LogP contribution in [0, 0.1) is 0 Å². The summed E-state index contributed by atoms with van der Waals surface area (Å²) in [5.74, 6) is 1.42. The van der Waals surface area contributed by atoms with Gasteiger partial charge in [0.05, 0.1) is 7.11 Å². The summed E-state index contributed by atoms with van der Waals surface area (Å²) in [6.07, 6.45) is 4.20. The molecule has 25 heavy (non-hydrogen) atoms. The number of hydrogen-bond acceptors (Lipinski definition) is 3. The highest BCUT2D eigenvalue weighted by molar-refractivity contribution is 9.10. The first-order valence-corrected chi connectivity index (χ1v) is 9.15. The molecule has 1 saturated carbocycles. The Morgan fingerprint density at radius 3 is 2.64 bits per heavy atom. The fourth-order valence-corrected chi connectivity index (χ4v) is 3.58. The third kappa shape index (κ3) is 4.31. The second-order valence-corrected chi connectivity index (χ2v) is 7.10. The summed E-state index contributed by atoms with van der Waals surface area (Å²) in [5.41, 5.74) is 2.66. The lowest BCUT2D eigenvalue weighted by Gasteiger charge is -2.20. The number of ether oxygens (including phenoxy) is 1. The molecule has 0 radical (unpaired) electrons.